The Labute approximate surface area is 107 Å². The van der Waals surface area contributed by atoms with Crippen molar-refractivity contribution in [2.75, 3.05) is 0 Å². The Morgan fingerprint density at radius 1 is 1.11 bits per heavy atom. The third kappa shape index (κ3) is 3.62. The van der Waals surface area contributed by atoms with Crippen LogP contribution in [0.1, 0.15) is 45.4 Å². The fourth-order valence-corrected chi connectivity index (χ4v) is 2.58. The second-order valence-electron chi connectivity index (χ2n) is 5.73. The molecule has 2 aliphatic carbocycles. The van der Waals surface area contributed by atoms with Crippen LogP contribution in [-0.2, 0) is 4.79 Å². The summed E-state index contributed by atoms with van der Waals surface area (Å²) in [6.45, 7) is 2.23. The zero-order valence-corrected chi connectivity index (χ0v) is 10.8. The summed E-state index contributed by atoms with van der Waals surface area (Å²) in [5.74, 6) is -0.0612. The first-order valence-electron chi connectivity index (χ1n) is 6.86. The summed E-state index contributed by atoms with van der Waals surface area (Å²) in [5, 5.41) is 14.5. The van der Waals surface area contributed by atoms with Crippen LogP contribution in [0.15, 0.2) is 0 Å². The summed E-state index contributed by atoms with van der Waals surface area (Å²) in [5.41, 5.74) is 0. The van der Waals surface area contributed by atoms with E-state index in [1.54, 1.807) is 0 Å². The highest BCUT2D eigenvalue weighted by atomic mass is 16.4. The van der Waals surface area contributed by atoms with Crippen molar-refractivity contribution in [2.45, 2.75) is 57.5 Å². The number of carboxylic acids is 1. The van der Waals surface area contributed by atoms with Crippen LogP contribution >= 0.6 is 0 Å². The number of amides is 2. The number of hydrogen-bond acceptors (Lipinski definition) is 2. The SMILES string of the molecule is CC1CCC(NC(=O)NC(C(=O)O)C2CC2)CC1. The molecule has 1 unspecified atom stereocenters. The molecule has 2 fully saturated rings. The summed E-state index contributed by atoms with van der Waals surface area (Å²) >= 11 is 0. The summed E-state index contributed by atoms with van der Waals surface area (Å²) in [7, 11) is 0. The molecule has 0 bridgehead atoms. The smallest absolute Gasteiger partial charge is 0.326 e. The molecule has 0 aromatic rings. The van der Waals surface area contributed by atoms with Crippen molar-refractivity contribution < 1.29 is 14.7 Å². The van der Waals surface area contributed by atoms with Gasteiger partial charge >= 0.3 is 12.0 Å². The minimum Gasteiger partial charge on any atom is -0.480 e. The van der Waals surface area contributed by atoms with E-state index in [1.807, 2.05) is 0 Å². The quantitative estimate of drug-likeness (QED) is 0.715. The van der Waals surface area contributed by atoms with Crippen molar-refractivity contribution in [1.82, 2.24) is 10.6 Å². The molecule has 0 spiro atoms. The van der Waals surface area contributed by atoms with Gasteiger partial charge in [0.1, 0.15) is 6.04 Å². The first-order valence-corrected chi connectivity index (χ1v) is 6.86. The largest absolute Gasteiger partial charge is 0.480 e. The third-order valence-electron chi connectivity index (χ3n) is 4.00. The Balaban J connectivity index is 1.75. The lowest BCUT2D eigenvalue weighted by Crippen LogP contribution is -2.50. The van der Waals surface area contributed by atoms with E-state index in [-0.39, 0.29) is 18.0 Å². The average molecular weight is 254 g/mol. The number of carboxylic acid groups (broad SMARTS) is 1. The second-order valence-corrected chi connectivity index (χ2v) is 5.73. The fourth-order valence-electron chi connectivity index (χ4n) is 2.58. The van der Waals surface area contributed by atoms with Crippen molar-refractivity contribution in [3.8, 4) is 0 Å². The Morgan fingerprint density at radius 2 is 1.72 bits per heavy atom. The van der Waals surface area contributed by atoms with Crippen LogP contribution in [0.5, 0.6) is 0 Å². The Kier molecular flexibility index (Phi) is 4.09. The highest BCUT2D eigenvalue weighted by Crippen LogP contribution is 2.32. The van der Waals surface area contributed by atoms with Gasteiger partial charge < -0.3 is 15.7 Å². The predicted molar refractivity (Wildman–Crippen MR) is 67.2 cm³/mol. The molecule has 0 saturated heterocycles. The van der Waals surface area contributed by atoms with Crippen molar-refractivity contribution in [1.29, 1.82) is 0 Å². The highest BCUT2D eigenvalue weighted by molar-refractivity contribution is 5.83. The van der Waals surface area contributed by atoms with E-state index in [4.69, 9.17) is 5.11 Å². The van der Waals surface area contributed by atoms with Gasteiger partial charge in [0.2, 0.25) is 0 Å². The van der Waals surface area contributed by atoms with Crippen LogP contribution in [0.25, 0.3) is 0 Å². The maximum absolute atomic E-state index is 11.8. The second kappa shape index (κ2) is 5.59. The van der Waals surface area contributed by atoms with Crippen molar-refractivity contribution in [2.24, 2.45) is 11.8 Å². The standard InChI is InChI=1S/C13H22N2O3/c1-8-2-6-10(7-3-8)14-13(18)15-11(12(16)17)9-4-5-9/h8-11H,2-7H2,1H3,(H,16,17)(H2,14,15,18). The third-order valence-corrected chi connectivity index (χ3v) is 4.00. The van der Waals surface area contributed by atoms with Gasteiger partial charge in [0, 0.05) is 6.04 Å². The van der Waals surface area contributed by atoms with Gasteiger partial charge in [-0.2, -0.15) is 0 Å². The lowest BCUT2D eigenvalue weighted by Gasteiger charge is -2.27. The fraction of sp³-hybridized carbons (Fsp3) is 0.846. The lowest BCUT2D eigenvalue weighted by molar-refractivity contribution is -0.139. The molecule has 0 aliphatic heterocycles. The zero-order chi connectivity index (χ0) is 13.1. The van der Waals surface area contributed by atoms with Crippen LogP contribution in [0.4, 0.5) is 4.79 Å². The maximum Gasteiger partial charge on any atom is 0.326 e. The number of urea groups is 1. The van der Waals surface area contributed by atoms with Gasteiger partial charge in [-0.25, -0.2) is 9.59 Å². The van der Waals surface area contributed by atoms with E-state index >= 15 is 0 Å². The topological polar surface area (TPSA) is 78.4 Å². The molecule has 5 heteroatoms. The molecule has 0 aromatic heterocycles. The summed E-state index contributed by atoms with van der Waals surface area (Å²) in [6, 6.07) is -0.837. The van der Waals surface area contributed by atoms with Crippen LogP contribution in [0, 0.1) is 11.8 Å². The van der Waals surface area contributed by atoms with Gasteiger partial charge in [0.05, 0.1) is 0 Å². The van der Waals surface area contributed by atoms with E-state index in [1.165, 1.54) is 0 Å². The lowest BCUT2D eigenvalue weighted by atomic mass is 9.87. The van der Waals surface area contributed by atoms with Gasteiger partial charge in [0.25, 0.3) is 0 Å². The minimum absolute atomic E-state index is 0.125. The number of hydrogen-bond donors (Lipinski definition) is 3. The molecule has 5 nitrogen and oxygen atoms in total. The number of aliphatic carboxylic acids is 1. The first-order chi connectivity index (χ1) is 8.56. The maximum atomic E-state index is 11.8. The summed E-state index contributed by atoms with van der Waals surface area (Å²) in [6.07, 6.45) is 6.06. The van der Waals surface area contributed by atoms with Crippen molar-refractivity contribution in [3.05, 3.63) is 0 Å². The molecular formula is C13H22N2O3. The number of carbonyl (C=O) groups is 2. The van der Waals surface area contributed by atoms with E-state index in [2.05, 4.69) is 17.6 Å². The van der Waals surface area contributed by atoms with E-state index in [0.717, 1.165) is 44.4 Å². The van der Waals surface area contributed by atoms with Crippen LogP contribution in [0.2, 0.25) is 0 Å². The van der Waals surface area contributed by atoms with Gasteiger partial charge in [-0.15, -0.1) is 0 Å². The molecule has 18 heavy (non-hydrogen) atoms. The summed E-state index contributed by atoms with van der Waals surface area (Å²) < 4.78 is 0. The van der Waals surface area contributed by atoms with Gasteiger partial charge in [-0.1, -0.05) is 6.92 Å². The molecule has 102 valence electrons. The normalized spacial score (nSPS) is 29.4. The highest BCUT2D eigenvalue weighted by Gasteiger charge is 2.37. The predicted octanol–water partition coefficient (Wildman–Crippen LogP) is 1.73. The van der Waals surface area contributed by atoms with Crippen molar-refractivity contribution >= 4 is 12.0 Å². The number of rotatable bonds is 4. The minimum atomic E-state index is -0.926. The van der Waals surface area contributed by atoms with E-state index < -0.39 is 12.0 Å². The van der Waals surface area contributed by atoms with E-state index in [9.17, 15) is 9.59 Å². The number of carbonyl (C=O) groups excluding carboxylic acids is 1. The van der Waals surface area contributed by atoms with Gasteiger partial charge in [-0.05, 0) is 50.4 Å². The molecular weight excluding hydrogens is 232 g/mol. The Morgan fingerprint density at radius 3 is 2.22 bits per heavy atom. The van der Waals surface area contributed by atoms with Gasteiger partial charge in [0.15, 0.2) is 0 Å². The Bertz CT molecular complexity index is 320. The van der Waals surface area contributed by atoms with Crippen LogP contribution in [0.3, 0.4) is 0 Å². The molecule has 0 heterocycles. The van der Waals surface area contributed by atoms with E-state index in [0.29, 0.717) is 0 Å². The molecule has 2 saturated carbocycles. The molecule has 2 rings (SSSR count). The molecule has 2 aliphatic rings. The summed E-state index contributed by atoms with van der Waals surface area (Å²) in [4.78, 5) is 22.8. The van der Waals surface area contributed by atoms with Crippen molar-refractivity contribution in [3.63, 3.8) is 0 Å². The molecule has 2 amide bonds. The molecule has 0 radical (unpaired) electrons. The Hall–Kier alpha value is -1.26. The molecule has 1 atom stereocenters. The molecule has 3 N–H and O–H groups in total. The molecule has 0 aromatic carbocycles. The monoisotopic (exact) mass is 254 g/mol. The first kappa shape index (κ1) is 13.2. The zero-order valence-electron chi connectivity index (χ0n) is 10.8. The van der Waals surface area contributed by atoms with Crippen LogP contribution < -0.4 is 10.6 Å². The van der Waals surface area contributed by atoms with Gasteiger partial charge in [-0.3, -0.25) is 0 Å². The average Bonchev–Trinajstić information content (AvgIpc) is 3.13. The number of nitrogens with one attached hydrogen (secondary N) is 2. The van der Waals surface area contributed by atoms with Crippen LogP contribution in [-0.4, -0.2) is 29.2 Å².